The topological polar surface area (TPSA) is 91.3 Å². The molecule has 0 atom stereocenters. The largest absolute Gasteiger partial charge is 0.504 e. The van der Waals surface area contributed by atoms with Gasteiger partial charge in [0.2, 0.25) is 5.75 Å². The molecule has 1 rings (SSSR count). The van der Waals surface area contributed by atoms with E-state index in [0.29, 0.717) is 6.67 Å². The number of aromatic hydroxyl groups is 1. The van der Waals surface area contributed by atoms with Crippen LogP contribution in [0.5, 0.6) is 17.2 Å². The minimum Gasteiger partial charge on any atom is -0.504 e. The first kappa shape index (κ1) is 23.4. The molecular weight excluding hydrogens is 382 g/mol. The molecule has 0 amide bonds. The van der Waals surface area contributed by atoms with E-state index in [4.69, 9.17) is 9.47 Å². The highest BCUT2D eigenvalue weighted by molar-refractivity contribution is 7.96. The van der Waals surface area contributed by atoms with Crippen molar-refractivity contribution in [3.05, 3.63) is 47.5 Å². The fraction of sp³-hybridized carbons (Fsp3) is 0.368. The Labute approximate surface area is 167 Å². The molecule has 0 saturated heterocycles. The Morgan fingerprint density at radius 2 is 1.86 bits per heavy atom. The summed E-state index contributed by atoms with van der Waals surface area (Å²) in [6.07, 6.45) is 4.97. The van der Waals surface area contributed by atoms with Gasteiger partial charge in [-0.25, -0.2) is 8.42 Å². The van der Waals surface area contributed by atoms with Crippen LogP contribution in [0, 0.1) is 0 Å². The van der Waals surface area contributed by atoms with Gasteiger partial charge in [0.1, 0.15) is 0 Å². The molecule has 0 unspecified atom stereocenters. The van der Waals surface area contributed by atoms with Gasteiger partial charge in [0.25, 0.3) is 10.0 Å². The molecule has 0 bridgehead atoms. The highest BCUT2D eigenvalue weighted by Crippen LogP contribution is 2.39. The Morgan fingerprint density at radius 3 is 2.36 bits per heavy atom. The third-order valence-corrected chi connectivity index (χ3v) is 5.06. The van der Waals surface area contributed by atoms with Crippen molar-refractivity contribution in [1.82, 2.24) is 9.80 Å². The third kappa shape index (κ3) is 6.21. The summed E-state index contributed by atoms with van der Waals surface area (Å²) in [5.41, 5.74) is 0.967. The maximum Gasteiger partial charge on any atom is 0.261 e. The molecule has 0 fully saturated rings. The number of allylic oxidation sites excluding steroid dienone is 3. The van der Waals surface area contributed by atoms with Gasteiger partial charge in [-0.15, -0.1) is 0 Å². The first-order valence-electron chi connectivity index (χ1n) is 8.42. The Bertz CT molecular complexity index is 861. The molecule has 156 valence electrons. The van der Waals surface area contributed by atoms with Crippen molar-refractivity contribution in [3.8, 4) is 17.2 Å². The number of nitrogens with one attached hydrogen (secondary N) is 1. The van der Waals surface area contributed by atoms with Gasteiger partial charge < -0.3 is 19.5 Å². The zero-order valence-corrected chi connectivity index (χ0v) is 18.0. The fourth-order valence-corrected chi connectivity index (χ4v) is 3.25. The zero-order valence-electron chi connectivity index (χ0n) is 17.2. The number of ether oxygens (including phenoxy) is 2. The van der Waals surface area contributed by atoms with Crippen LogP contribution in [0.1, 0.15) is 6.92 Å². The second-order valence-electron chi connectivity index (χ2n) is 6.27. The number of anilines is 1. The van der Waals surface area contributed by atoms with Crippen LogP contribution in [0.3, 0.4) is 0 Å². The lowest BCUT2D eigenvalue weighted by Gasteiger charge is -2.24. The first-order chi connectivity index (χ1) is 13.0. The van der Waals surface area contributed by atoms with Gasteiger partial charge in [0, 0.05) is 24.9 Å². The van der Waals surface area contributed by atoms with Crippen molar-refractivity contribution >= 4 is 15.7 Å². The Balaban J connectivity index is 3.01. The summed E-state index contributed by atoms with van der Waals surface area (Å²) in [6, 6.07) is 2.65. The van der Waals surface area contributed by atoms with Gasteiger partial charge in [-0.1, -0.05) is 12.7 Å². The Hall–Kier alpha value is -2.65. The number of nitrogens with zero attached hydrogens (tertiary/aromatic N) is 2. The molecule has 2 N–H and O–H groups in total. The number of benzene rings is 1. The van der Waals surface area contributed by atoms with E-state index in [0.717, 1.165) is 5.70 Å². The lowest BCUT2D eigenvalue weighted by molar-refractivity contribution is 0.257. The summed E-state index contributed by atoms with van der Waals surface area (Å²) in [7, 11) is 4.63. The van der Waals surface area contributed by atoms with Crippen LogP contribution >= 0.6 is 0 Å². The third-order valence-electron chi connectivity index (χ3n) is 3.73. The predicted octanol–water partition coefficient (Wildman–Crippen LogP) is 2.58. The molecule has 8 nitrogen and oxygen atoms in total. The molecule has 1 aromatic rings. The smallest absolute Gasteiger partial charge is 0.261 e. The minimum absolute atomic E-state index is 0.117. The van der Waals surface area contributed by atoms with Crippen LogP contribution in [0.25, 0.3) is 0 Å². The van der Waals surface area contributed by atoms with Gasteiger partial charge in [0.05, 0.1) is 31.5 Å². The van der Waals surface area contributed by atoms with Gasteiger partial charge in [-0.05, 0) is 33.2 Å². The van der Waals surface area contributed by atoms with Crippen molar-refractivity contribution in [2.45, 2.75) is 6.92 Å². The number of phenols is 1. The Kier molecular flexibility index (Phi) is 8.39. The van der Waals surface area contributed by atoms with Crippen molar-refractivity contribution in [3.63, 3.8) is 0 Å². The second kappa shape index (κ2) is 10.0. The highest BCUT2D eigenvalue weighted by atomic mass is 32.2. The van der Waals surface area contributed by atoms with Gasteiger partial charge in [0.15, 0.2) is 11.5 Å². The number of phenolic OH excluding ortho intramolecular Hbond substituents is 1. The average molecular weight is 412 g/mol. The lowest BCUT2D eigenvalue weighted by Crippen LogP contribution is -2.29. The second-order valence-corrected chi connectivity index (χ2v) is 8.00. The maximum atomic E-state index is 12.6. The van der Waals surface area contributed by atoms with E-state index in [1.165, 1.54) is 32.4 Å². The van der Waals surface area contributed by atoms with E-state index < -0.39 is 10.0 Å². The summed E-state index contributed by atoms with van der Waals surface area (Å²) in [4.78, 5) is 3.84. The summed E-state index contributed by atoms with van der Waals surface area (Å²) >= 11 is 0. The maximum absolute atomic E-state index is 12.6. The van der Waals surface area contributed by atoms with E-state index in [2.05, 4.69) is 11.3 Å². The van der Waals surface area contributed by atoms with E-state index in [9.17, 15) is 13.5 Å². The molecule has 0 aliphatic carbocycles. The van der Waals surface area contributed by atoms with Crippen LogP contribution in [0.2, 0.25) is 0 Å². The van der Waals surface area contributed by atoms with Crippen LogP contribution in [-0.2, 0) is 10.0 Å². The van der Waals surface area contributed by atoms with Crippen LogP contribution in [0.15, 0.2) is 47.5 Å². The number of hydrogen-bond acceptors (Lipinski definition) is 7. The number of methoxy groups -OCH3 is 2. The van der Waals surface area contributed by atoms with Crippen molar-refractivity contribution in [2.24, 2.45) is 0 Å². The van der Waals surface area contributed by atoms with Crippen molar-refractivity contribution in [1.29, 1.82) is 0 Å². The lowest BCUT2D eigenvalue weighted by atomic mass is 10.2. The first-order valence-corrected chi connectivity index (χ1v) is 9.91. The standard InChI is InChI=1S/C19H29N3O5S/c1-8-16(22(5)13-21(3)4)10-9-14(2)28(24,25)20-15-11-17(23)19(27-7)18(12-15)26-6/h8-12,20,23H,2,13H2,1,3-7H3. The zero-order chi connectivity index (χ0) is 21.5. The van der Waals surface area contributed by atoms with E-state index in [1.54, 1.807) is 6.08 Å². The van der Waals surface area contributed by atoms with Gasteiger partial charge >= 0.3 is 0 Å². The monoisotopic (exact) mass is 411 g/mol. The van der Waals surface area contributed by atoms with E-state index in [1.807, 2.05) is 43.9 Å². The van der Waals surface area contributed by atoms with Crippen LogP contribution < -0.4 is 14.2 Å². The molecule has 0 aromatic heterocycles. The number of likely N-dealkylation sites (N-methyl/N-ethyl adjacent to an activating group) is 1. The molecule has 0 aliphatic rings. The van der Waals surface area contributed by atoms with Gasteiger partial charge in [-0.2, -0.15) is 0 Å². The van der Waals surface area contributed by atoms with Crippen LogP contribution in [-0.4, -0.2) is 65.4 Å². The normalized spacial score (nSPS) is 12.3. The molecule has 0 saturated carbocycles. The molecule has 0 aliphatic heterocycles. The molecule has 0 spiro atoms. The summed E-state index contributed by atoms with van der Waals surface area (Å²) in [6.45, 7) is 6.18. The van der Waals surface area contributed by atoms with E-state index in [-0.39, 0.29) is 27.8 Å². The summed E-state index contributed by atoms with van der Waals surface area (Å²) in [5, 5.41) is 9.99. The van der Waals surface area contributed by atoms with Crippen molar-refractivity contribution in [2.75, 3.05) is 46.8 Å². The minimum atomic E-state index is -3.92. The fourth-order valence-electron chi connectivity index (χ4n) is 2.44. The molecular formula is C19H29N3O5S. The van der Waals surface area contributed by atoms with Gasteiger partial charge in [-0.3, -0.25) is 9.62 Å². The Morgan fingerprint density at radius 1 is 1.21 bits per heavy atom. The quantitative estimate of drug-likeness (QED) is 0.452. The van der Waals surface area contributed by atoms with Crippen LogP contribution in [0.4, 0.5) is 5.69 Å². The highest BCUT2D eigenvalue weighted by Gasteiger charge is 2.17. The van der Waals surface area contributed by atoms with E-state index >= 15 is 0 Å². The summed E-state index contributed by atoms with van der Waals surface area (Å²) in [5.74, 6) is 0.0657. The average Bonchev–Trinajstić information content (AvgIpc) is 2.60. The molecule has 9 heteroatoms. The molecule has 0 radical (unpaired) electrons. The number of hydrogen-bond donors (Lipinski definition) is 2. The molecule has 28 heavy (non-hydrogen) atoms. The summed E-state index contributed by atoms with van der Waals surface area (Å²) < 4.78 is 37.6. The molecule has 1 aromatic carbocycles. The van der Waals surface area contributed by atoms with Crippen molar-refractivity contribution < 1.29 is 23.0 Å². The molecule has 0 heterocycles. The SMILES string of the molecule is C=C(C=CC(=CC)N(C)CN(C)C)S(=O)(=O)Nc1cc(O)c(OC)c(OC)c1. The number of rotatable bonds is 10. The number of sulfonamides is 1. The predicted molar refractivity (Wildman–Crippen MR) is 112 cm³/mol.